The minimum Gasteiger partial charge on any atom is -0.268 e. The molecule has 0 saturated carbocycles. The Labute approximate surface area is 147 Å². The van der Waals surface area contributed by atoms with Crippen LogP contribution in [0.4, 0.5) is 0 Å². The lowest BCUT2D eigenvalue weighted by Crippen LogP contribution is -2.24. The summed E-state index contributed by atoms with van der Waals surface area (Å²) in [6, 6.07) is 7.83. The summed E-state index contributed by atoms with van der Waals surface area (Å²) in [4.78, 5) is 18.5. The van der Waals surface area contributed by atoms with Crippen molar-refractivity contribution in [1.29, 1.82) is 0 Å². The quantitative estimate of drug-likeness (QED) is 0.561. The summed E-state index contributed by atoms with van der Waals surface area (Å²) in [6.45, 7) is 4.33. The summed E-state index contributed by atoms with van der Waals surface area (Å²) in [5, 5.41) is 1.24. The van der Waals surface area contributed by atoms with E-state index in [9.17, 15) is 4.79 Å². The monoisotopic (exact) mass is 396 g/mol. The molecule has 0 amide bonds. The fraction of sp³-hybridized carbons (Fsp3) is 0.375. The number of hydrogen-bond donors (Lipinski definition) is 0. The maximum Gasteiger partial charge on any atom is 0.272 e. The van der Waals surface area contributed by atoms with Crippen molar-refractivity contribution in [3.63, 3.8) is 0 Å². The van der Waals surface area contributed by atoms with Crippen LogP contribution in [0.5, 0.6) is 0 Å². The van der Waals surface area contributed by atoms with Crippen molar-refractivity contribution in [3.05, 3.63) is 44.8 Å². The highest BCUT2D eigenvalue weighted by Crippen LogP contribution is 2.31. The topological polar surface area (TPSA) is 34.9 Å². The highest BCUT2D eigenvalue weighted by Gasteiger charge is 2.23. The number of fused-ring (bicyclic) bond motifs is 1. The fourth-order valence-corrected chi connectivity index (χ4v) is 4.53. The highest BCUT2D eigenvalue weighted by molar-refractivity contribution is 9.10. The van der Waals surface area contributed by atoms with Gasteiger partial charge in [-0.3, -0.25) is 9.36 Å². The molecule has 0 unspecified atom stereocenters. The van der Waals surface area contributed by atoms with E-state index in [4.69, 9.17) is 4.98 Å². The number of aromatic nitrogens is 2. The van der Waals surface area contributed by atoms with E-state index < -0.39 is 0 Å². The molecule has 22 heavy (non-hydrogen) atoms. The van der Waals surface area contributed by atoms with Gasteiger partial charge in [-0.1, -0.05) is 41.5 Å². The van der Waals surface area contributed by atoms with Crippen LogP contribution in [-0.2, 0) is 6.42 Å². The molecule has 2 aromatic rings. The van der Waals surface area contributed by atoms with Gasteiger partial charge in [-0.2, -0.15) is 0 Å². The van der Waals surface area contributed by atoms with Crippen LogP contribution >= 0.6 is 39.5 Å². The van der Waals surface area contributed by atoms with Gasteiger partial charge < -0.3 is 0 Å². The Bertz CT molecular complexity index is 743. The summed E-state index contributed by atoms with van der Waals surface area (Å²) in [6.07, 6.45) is 1.94. The highest BCUT2D eigenvalue weighted by atomic mass is 79.9. The Kier molecular flexibility index (Phi) is 5.00. The molecule has 1 aromatic heterocycles. The van der Waals surface area contributed by atoms with Gasteiger partial charge in [-0.25, -0.2) is 4.98 Å². The number of thioether (sulfide) groups is 2. The van der Waals surface area contributed by atoms with Gasteiger partial charge in [-0.15, -0.1) is 11.8 Å². The standard InChI is InChI=1S/C16H17BrN2OS2/c1-3-10(2)22-16-18-13-8-9-21-14(13)15(20)19(16)12-6-4-11(17)5-7-12/h4-7,10H,3,8-9H2,1-2H3/t10-/m1/s1. The van der Waals surface area contributed by atoms with E-state index in [0.29, 0.717) is 5.25 Å². The number of rotatable bonds is 4. The lowest BCUT2D eigenvalue weighted by atomic mass is 10.3. The summed E-state index contributed by atoms with van der Waals surface area (Å²) in [5.74, 6) is 0.954. The zero-order valence-electron chi connectivity index (χ0n) is 12.5. The van der Waals surface area contributed by atoms with Crippen molar-refractivity contribution < 1.29 is 0 Å². The lowest BCUT2D eigenvalue weighted by molar-refractivity contribution is 0.734. The van der Waals surface area contributed by atoms with Gasteiger partial charge in [-0.05, 0) is 30.7 Å². The largest absolute Gasteiger partial charge is 0.272 e. The summed E-state index contributed by atoms with van der Waals surface area (Å²) >= 11 is 6.75. The molecule has 0 saturated heterocycles. The Hall–Kier alpha value is -0.720. The Balaban J connectivity index is 2.17. The smallest absolute Gasteiger partial charge is 0.268 e. The van der Waals surface area contributed by atoms with Gasteiger partial charge in [0.15, 0.2) is 5.16 Å². The van der Waals surface area contributed by atoms with E-state index in [-0.39, 0.29) is 5.56 Å². The first kappa shape index (κ1) is 16.1. The molecule has 1 aromatic carbocycles. The molecule has 1 aliphatic rings. The number of hydrogen-bond acceptors (Lipinski definition) is 4. The predicted octanol–water partition coefficient (Wildman–Crippen LogP) is 4.53. The van der Waals surface area contributed by atoms with Crippen molar-refractivity contribution >= 4 is 39.5 Å². The molecule has 0 fully saturated rings. The van der Waals surface area contributed by atoms with Crippen LogP contribution in [0, 0.1) is 0 Å². The first-order valence-electron chi connectivity index (χ1n) is 7.31. The van der Waals surface area contributed by atoms with Crippen LogP contribution in [0.15, 0.2) is 43.6 Å². The number of benzene rings is 1. The molecule has 0 spiro atoms. The van der Waals surface area contributed by atoms with E-state index >= 15 is 0 Å². The fourth-order valence-electron chi connectivity index (χ4n) is 2.25. The molecule has 3 rings (SSSR count). The maximum atomic E-state index is 12.9. The minimum atomic E-state index is 0.0700. The van der Waals surface area contributed by atoms with Gasteiger partial charge in [0.1, 0.15) is 0 Å². The molecule has 0 aliphatic carbocycles. The van der Waals surface area contributed by atoms with Crippen LogP contribution in [0.25, 0.3) is 5.69 Å². The zero-order chi connectivity index (χ0) is 15.7. The van der Waals surface area contributed by atoms with Crippen LogP contribution in [-0.4, -0.2) is 20.6 Å². The molecular weight excluding hydrogens is 380 g/mol. The number of halogens is 1. The van der Waals surface area contributed by atoms with Crippen LogP contribution in [0.3, 0.4) is 0 Å². The number of aryl methyl sites for hydroxylation is 1. The van der Waals surface area contributed by atoms with Crippen molar-refractivity contribution in [1.82, 2.24) is 9.55 Å². The van der Waals surface area contributed by atoms with Crippen LogP contribution in [0.1, 0.15) is 26.0 Å². The van der Waals surface area contributed by atoms with Gasteiger partial charge in [0.05, 0.1) is 16.3 Å². The lowest BCUT2D eigenvalue weighted by Gasteiger charge is -2.16. The second-order valence-corrected chi connectivity index (χ2v) is 8.65. The molecule has 1 atom stereocenters. The maximum absolute atomic E-state index is 12.9. The van der Waals surface area contributed by atoms with Gasteiger partial charge >= 0.3 is 0 Å². The van der Waals surface area contributed by atoms with Crippen molar-refractivity contribution in [2.75, 3.05) is 5.75 Å². The first-order chi connectivity index (χ1) is 10.6. The molecule has 1 aliphatic heterocycles. The third-order valence-corrected chi connectivity index (χ3v) is 6.49. The summed E-state index contributed by atoms with van der Waals surface area (Å²) in [5.41, 5.74) is 1.91. The third-order valence-electron chi connectivity index (χ3n) is 3.63. The SMILES string of the molecule is CC[C@@H](C)Sc1nc2c(c(=O)n1-c1ccc(Br)cc1)SCC2. The average molecular weight is 397 g/mol. The van der Waals surface area contributed by atoms with Crippen molar-refractivity contribution in [2.24, 2.45) is 0 Å². The minimum absolute atomic E-state index is 0.0700. The molecule has 0 N–H and O–H groups in total. The number of nitrogens with zero attached hydrogens (tertiary/aromatic N) is 2. The predicted molar refractivity (Wildman–Crippen MR) is 97.6 cm³/mol. The van der Waals surface area contributed by atoms with Gasteiger partial charge in [0, 0.05) is 21.9 Å². The summed E-state index contributed by atoms with van der Waals surface area (Å²) in [7, 11) is 0. The van der Waals surface area contributed by atoms with E-state index in [0.717, 1.165) is 44.5 Å². The van der Waals surface area contributed by atoms with Gasteiger partial charge in [0.25, 0.3) is 5.56 Å². The van der Waals surface area contributed by atoms with Crippen LogP contribution in [0.2, 0.25) is 0 Å². The molecule has 2 heterocycles. The van der Waals surface area contributed by atoms with E-state index in [2.05, 4.69) is 29.8 Å². The summed E-state index contributed by atoms with van der Waals surface area (Å²) < 4.78 is 2.77. The van der Waals surface area contributed by atoms with E-state index in [1.165, 1.54) is 0 Å². The van der Waals surface area contributed by atoms with E-state index in [1.54, 1.807) is 28.1 Å². The molecular formula is C16H17BrN2OS2. The van der Waals surface area contributed by atoms with Gasteiger partial charge in [0.2, 0.25) is 0 Å². The second-order valence-electron chi connectivity index (χ2n) is 5.22. The van der Waals surface area contributed by atoms with Crippen LogP contribution < -0.4 is 5.56 Å². The first-order valence-corrected chi connectivity index (χ1v) is 9.97. The van der Waals surface area contributed by atoms with E-state index in [1.807, 2.05) is 24.3 Å². The third kappa shape index (κ3) is 3.14. The molecule has 6 heteroatoms. The van der Waals surface area contributed by atoms with Crippen molar-refractivity contribution in [3.8, 4) is 5.69 Å². The second kappa shape index (κ2) is 6.81. The Morgan fingerprint density at radius 1 is 1.41 bits per heavy atom. The zero-order valence-corrected chi connectivity index (χ0v) is 15.7. The Morgan fingerprint density at radius 2 is 2.14 bits per heavy atom. The molecule has 0 radical (unpaired) electrons. The Morgan fingerprint density at radius 3 is 2.82 bits per heavy atom. The normalized spacial score (nSPS) is 14.9. The molecule has 3 nitrogen and oxygen atoms in total. The molecule has 0 bridgehead atoms. The molecule has 116 valence electrons. The average Bonchev–Trinajstić information content (AvgIpc) is 2.97. The van der Waals surface area contributed by atoms with Crippen molar-refractivity contribution in [2.45, 2.75) is 42.0 Å².